The lowest BCUT2D eigenvalue weighted by Gasteiger charge is -2.26. The molecular weight excluding hydrogens is 325 g/mol. The van der Waals surface area contributed by atoms with Crippen molar-refractivity contribution < 1.29 is 19.1 Å². The summed E-state index contributed by atoms with van der Waals surface area (Å²) in [4.78, 5) is 24.0. The van der Waals surface area contributed by atoms with E-state index >= 15 is 0 Å². The van der Waals surface area contributed by atoms with Crippen molar-refractivity contribution >= 4 is 23.5 Å². The molecule has 1 heterocycles. The molecule has 2 aromatic rings. The topological polar surface area (TPSA) is 84.2 Å². The van der Waals surface area contributed by atoms with Gasteiger partial charge in [0, 0.05) is 7.05 Å². The fourth-order valence-corrected chi connectivity index (χ4v) is 2.29. The van der Waals surface area contributed by atoms with Crippen molar-refractivity contribution in [2.24, 2.45) is 7.05 Å². The summed E-state index contributed by atoms with van der Waals surface area (Å²) in [5, 5.41) is 16.0. The highest BCUT2D eigenvalue weighted by molar-refractivity contribution is 6.34. The third-order valence-electron chi connectivity index (χ3n) is 3.69. The van der Waals surface area contributed by atoms with Gasteiger partial charge in [-0.1, -0.05) is 23.7 Å². The summed E-state index contributed by atoms with van der Waals surface area (Å²) in [5.74, 6) is -2.52. The molecule has 0 saturated heterocycles. The minimum absolute atomic E-state index is 0.0683. The van der Waals surface area contributed by atoms with Crippen LogP contribution in [0.3, 0.4) is 0 Å². The third kappa shape index (κ3) is 3.05. The van der Waals surface area contributed by atoms with E-state index in [1.807, 2.05) is 0 Å². The molecule has 1 aromatic carbocycles. The lowest BCUT2D eigenvalue weighted by atomic mass is 9.92. The number of hydrogen-bond donors (Lipinski definition) is 2. The van der Waals surface area contributed by atoms with Gasteiger partial charge in [-0.3, -0.25) is 9.48 Å². The molecule has 6 nitrogen and oxygen atoms in total. The Morgan fingerprint density at radius 1 is 1.35 bits per heavy atom. The zero-order valence-corrected chi connectivity index (χ0v) is 13.5. The molecule has 0 bridgehead atoms. The molecule has 0 aliphatic rings. The largest absolute Gasteiger partial charge is 0.479 e. The van der Waals surface area contributed by atoms with Crippen LogP contribution < -0.4 is 5.32 Å². The molecule has 1 unspecified atom stereocenters. The van der Waals surface area contributed by atoms with Crippen molar-refractivity contribution in [3.05, 3.63) is 52.1 Å². The highest BCUT2D eigenvalue weighted by atomic mass is 35.5. The van der Waals surface area contributed by atoms with E-state index in [2.05, 4.69) is 10.4 Å². The molecule has 1 aromatic heterocycles. The normalized spacial score (nSPS) is 13.4. The maximum Gasteiger partial charge on any atom is 0.333 e. The Bertz CT molecular complexity index is 773. The average molecular weight is 340 g/mol. The first-order chi connectivity index (χ1) is 10.7. The third-order valence-corrected chi connectivity index (χ3v) is 4.14. The average Bonchev–Trinajstić information content (AvgIpc) is 2.75. The number of amides is 1. The van der Waals surface area contributed by atoms with Crippen LogP contribution in [0.2, 0.25) is 5.02 Å². The molecule has 122 valence electrons. The second-order valence-corrected chi connectivity index (χ2v) is 5.64. The van der Waals surface area contributed by atoms with Crippen LogP contribution >= 0.6 is 11.6 Å². The van der Waals surface area contributed by atoms with Gasteiger partial charge in [0.2, 0.25) is 0 Å². The number of hydrogen-bond acceptors (Lipinski definition) is 3. The van der Waals surface area contributed by atoms with Gasteiger partial charge in [0.05, 0.1) is 10.7 Å². The van der Waals surface area contributed by atoms with Crippen LogP contribution in [0, 0.1) is 12.7 Å². The van der Waals surface area contributed by atoms with E-state index in [0.717, 1.165) is 12.1 Å². The van der Waals surface area contributed by atoms with Crippen molar-refractivity contribution in [1.82, 2.24) is 15.1 Å². The summed E-state index contributed by atoms with van der Waals surface area (Å²) >= 11 is 6.04. The van der Waals surface area contributed by atoms with Crippen LogP contribution in [0.4, 0.5) is 4.39 Å². The molecule has 0 radical (unpaired) electrons. The SMILES string of the molecule is Cc1c(Cl)c(C(=O)NC(C)(C(=O)O)c2ccc(F)cc2)nn1C. The molecule has 2 rings (SSSR count). The maximum absolute atomic E-state index is 13.0. The summed E-state index contributed by atoms with van der Waals surface area (Å²) in [6.07, 6.45) is 0. The number of nitrogens with zero attached hydrogens (tertiary/aromatic N) is 2. The molecule has 2 N–H and O–H groups in total. The Hall–Kier alpha value is -2.41. The van der Waals surface area contributed by atoms with Gasteiger partial charge in [0.1, 0.15) is 5.82 Å². The van der Waals surface area contributed by atoms with Crippen molar-refractivity contribution in [3.8, 4) is 0 Å². The number of nitrogens with one attached hydrogen (secondary N) is 1. The zero-order valence-electron chi connectivity index (χ0n) is 12.7. The summed E-state index contributed by atoms with van der Waals surface area (Å²) in [6, 6.07) is 4.85. The summed E-state index contributed by atoms with van der Waals surface area (Å²) < 4.78 is 14.5. The number of aryl methyl sites for hydroxylation is 1. The van der Waals surface area contributed by atoms with Gasteiger partial charge in [-0.2, -0.15) is 5.10 Å². The number of aliphatic carboxylic acids is 1. The van der Waals surface area contributed by atoms with Crippen LogP contribution in [0.25, 0.3) is 0 Å². The molecule has 1 amide bonds. The predicted octanol–water partition coefficient (Wildman–Crippen LogP) is 2.25. The molecule has 0 saturated carbocycles. The van der Waals surface area contributed by atoms with Gasteiger partial charge in [-0.05, 0) is 31.5 Å². The highest BCUT2D eigenvalue weighted by Crippen LogP contribution is 2.24. The fourth-order valence-electron chi connectivity index (χ4n) is 2.05. The monoisotopic (exact) mass is 339 g/mol. The number of halogens is 2. The van der Waals surface area contributed by atoms with Crippen LogP contribution in [0.1, 0.15) is 28.7 Å². The molecule has 8 heteroatoms. The Labute approximate surface area is 136 Å². The molecular formula is C15H15ClFN3O3. The highest BCUT2D eigenvalue weighted by Gasteiger charge is 2.38. The zero-order chi connectivity index (χ0) is 17.4. The number of carboxylic acid groups (broad SMARTS) is 1. The number of rotatable bonds is 4. The molecule has 0 aliphatic carbocycles. The predicted molar refractivity (Wildman–Crippen MR) is 81.8 cm³/mol. The quantitative estimate of drug-likeness (QED) is 0.894. The van der Waals surface area contributed by atoms with E-state index in [9.17, 15) is 19.1 Å². The molecule has 0 fully saturated rings. The van der Waals surface area contributed by atoms with E-state index in [-0.39, 0.29) is 16.3 Å². The summed E-state index contributed by atoms with van der Waals surface area (Å²) in [7, 11) is 1.62. The second kappa shape index (κ2) is 6.00. The summed E-state index contributed by atoms with van der Waals surface area (Å²) in [5.41, 5.74) is -1.01. The Morgan fingerprint density at radius 3 is 2.35 bits per heavy atom. The van der Waals surface area contributed by atoms with Crippen molar-refractivity contribution in [2.75, 3.05) is 0 Å². The molecule has 0 spiro atoms. The van der Waals surface area contributed by atoms with Gasteiger partial charge in [0.15, 0.2) is 11.2 Å². The van der Waals surface area contributed by atoms with Gasteiger partial charge >= 0.3 is 5.97 Å². The number of aromatic nitrogens is 2. The van der Waals surface area contributed by atoms with Crippen molar-refractivity contribution in [1.29, 1.82) is 0 Å². The number of benzene rings is 1. The number of carboxylic acids is 1. The van der Waals surface area contributed by atoms with Crippen LogP contribution in [-0.2, 0) is 17.4 Å². The Morgan fingerprint density at radius 2 is 1.91 bits per heavy atom. The first kappa shape index (κ1) is 17.0. The van der Waals surface area contributed by atoms with Gasteiger partial charge in [-0.15, -0.1) is 0 Å². The Kier molecular flexibility index (Phi) is 4.42. The van der Waals surface area contributed by atoms with E-state index in [1.165, 1.54) is 23.7 Å². The molecule has 23 heavy (non-hydrogen) atoms. The maximum atomic E-state index is 13.0. The van der Waals surface area contributed by atoms with Gasteiger partial charge in [-0.25, -0.2) is 9.18 Å². The van der Waals surface area contributed by atoms with E-state index in [0.29, 0.717) is 5.69 Å². The number of carbonyl (C=O) groups excluding carboxylic acids is 1. The minimum atomic E-state index is -1.75. The number of carbonyl (C=O) groups is 2. The van der Waals surface area contributed by atoms with Crippen molar-refractivity contribution in [3.63, 3.8) is 0 Å². The molecule has 1 atom stereocenters. The first-order valence-electron chi connectivity index (χ1n) is 6.68. The van der Waals surface area contributed by atoms with E-state index in [1.54, 1.807) is 14.0 Å². The Balaban J connectivity index is 2.39. The van der Waals surface area contributed by atoms with Crippen LogP contribution in [0.15, 0.2) is 24.3 Å². The van der Waals surface area contributed by atoms with Gasteiger partial charge < -0.3 is 10.4 Å². The fraction of sp³-hybridized carbons (Fsp3) is 0.267. The second-order valence-electron chi connectivity index (χ2n) is 5.26. The van der Waals surface area contributed by atoms with Crippen LogP contribution in [-0.4, -0.2) is 26.8 Å². The van der Waals surface area contributed by atoms with E-state index < -0.39 is 23.2 Å². The van der Waals surface area contributed by atoms with E-state index in [4.69, 9.17) is 11.6 Å². The minimum Gasteiger partial charge on any atom is -0.479 e. The standard InChI is InChI=1S/C15H15ClFN3O3/c1-8-11(16)12(19-20(8)3)13(21)18-15(2,14(22)23)9-4-6-10(17)7-5-9/h4-7H,1-3H3,(H,18,21)(H,22,23). The van der Waals surface area contributed by atoms with Crippen LogP contribution in [0.5, 0.6) is 0 Å². The lowest BCUT2D eigenvalue weighted by Crippen LogP contribution is -2.49. The lowest BCUT2D eigenvalue weighted by molar-refractivity contribution is -0.144. The summed E-state index contributed by atoms with van der Waals surface area (Å²) in [6.45, 7) is 2.99. The first-order valence-corrected chi connectivity index (χ1v) is 7.05. The van der Waals surface area contributed by atoms with Crippen molar-refractivity contribution in [2.45, 2.75) is 19.4 Å². The van der Waals surface area contributed by atoms with Gasteiger partial charge in [0.25, 0.3) is 5.91 Å². The molecule has 0 aliphatic heterocycles. The smallest absolute Gasteiger partial charge is 0.333 e.